The number of hydrogen-bond acceptors (Lipinski definition) is 4. The van der Waals surface area contributed by atoms with E-state index in [2.05, 4.69) is 41.7 Å². The molecule has 1 saturated heterocycles. The lowest BCUT2D eigenvalue weighted by atomic mass is 9.93. The molecule has 1 fully saturated rings. The standard InChI is InChI=1S/C26H31NO3/c1-26(2,3)25(28)30-21-12-13-24-19(16-21)6-4-5-7-23(24)18-8-10-20(11-9-18)29-22-14-15-27-17-22/h7-13,16,22,27H,4-6,14-15,17H2,1-3H3/t22-/m0/s1. The Kier molecular flexibility index (Phi) is 5.96. The first-order valence-corrected chi connectivity index (χ1v) is 10.9. The lowest BCUT2D eigenvalue weighted by Gasteiger charge is -2.18. The van der Waals surface area contributed by atoms with Gasteiger partial charge >= 0.3 is 5.97 Å². The number of aryl methyl sites for hydroxylation is 1. The monoisotopic (exact) mass is 405 g/mol. The first kappa shape index (κ1) is 20.7. The topological polar surface area (TPSA) is 47.6 Å². The van der Waals surface area contributed by atoms with Gasteiger partial charge in [-0.1, -0.05) is 24.3 Å². The van der Waals surface area contributed by atoms with Crippen LogP contribution in [0.5, 0.6) is 11.5 Å². The second-order valence-electron chi connectivity index (χ2n) is 9.23. The van der Waals surface area contributed by atoms with Crippen LogP contribution in [-0.2, 0) is 11.2 Å². The second kappa shape index (κ2) is 8.65. The molecule has 30 heavy (non-hydrogen) atoms. The molecular weight excluding hydrogens is 374 g/mol. The van der Waals surface area contributed by atoms with Crippen LogP contribution in [0.4, 0.5) is 0 Å². The number of hydrogen-bond donors (Lipinski definition) is 1. The van der Waals surface area contributed by atoms with Gasteiger partial charge in [0.15, 0.2) is 0 Å². The van der Waals surface area contributed by atoms with Crippen molar-refractivity contribution in [2.24, 2.45) is 5.41 Å². The molecule has 1 aliphatic carbocycles. The van der Waals surface area contributed by atoms with Gasteiger partial charge < -0.3 is 14.8 Å². The van der Waals surface area contributed by atoms with Gasteiger partial charge in [-0.3, -0.25) is 4.79 Å². The number of benzene rings is 2. The van der Waals surface area contributed by atoms with E-state index in [0.29, 0.717) is 5.75 Å². The lowest BCUT2D eigenvalue weighted by Crippen LogP contribution is -2.25. The fraction of sp³-hybridized carbons (Fsp3) is 0.423. The Morgan fingerprint density at radius 2 is 1.83 bits per heavy atom. The molecular formula is C26H31NO3. The van der Waals surface area contributed by atoms with E-state index in [1.165, 1.54) is 22.3 Å². The zero-order valence-corrected chi connectivity index (χ0v) is 18.2. The normalized spacial score (nSPS) is 18.9. The van der Waals surface area contributed by atoms with E-state index in [1.54, 1.807) is 0 Å². The van der Waals surface area contributed by atoms with Gasteiger partial charge in [-0.25, -0.2) is 0 Å². The van der Waals surface area contributed by atoms with E-state index in [4.69, 9.17) is 9.47 Å². The summed E-state index contributed by atoms with van der Waals surface area (Å²) in [5, 5.41) is 3.33. The Morgan fingerprint density at radius 1 is 1.07 bits per heavy atom. The summed E-state index contributed by atoms with van der Waals surface area (Å²) in [6.45, 7) is 7.56. The van der Waals surface area contributed by atoms with Gasteiger partial charge in [0.05, 0.1) is 5.41 Å². The van der Waals surface area contributed by atoms with Gasteiger partial charge in [0, 0.05) is 6.54 Å². The molecule has 0 unspecified atom stereocenters. The minimum atomic E-state index is -0.518. The summed E-state index contributed by atoms with van der Waals surface area (Å²) >= 11 is 0. The molecule has 0 spiro atoms. The Bertz CT molecular complexity index is 932. The van der Waals surface area contributed by atoms with Gasteiger partial charge in [0.25, 0.3) is 0 Å². The van der Waals surface area contributed by atoms with Gasteiger partial charge in [0.1, 0.15) is 17.6 Å². The Balaban J connectivity index is 1.55. The predicted molar refractivity (Wildman–Crippen MR) is 120 cm³/mol. The Morgan fingerprint density at radius 3 is 2.53 bits per heavy atom. The number of esters is 1. The average molecular weight is 406 g/mol. The second-order valence-corrected chi connectivity index (χ2v) is 9.23. The van der Waals surface area contributed by atoms with Crippen LogP contribution in [-0.4, -0.2) is 25.2 Å². The SMILES string of the molecule is CC(C)(C)C(=O)Oc1ccc2c(c1)CCCC=C2c1ccc(O[C@H]2CCNC2)cc1. The summed E-state index contributed by atoms with van der Waals surface area (Å²) in [5.41, 5.74) is 4.36. The number of fused-ring (bicyclic) bond motifs is 1. The zero-order valence-electron chi connectivity index (χ0n) is 18.2. The van der Waals surface area contributed by atoms with Crippen LogP contribution in [0.1, 0.15) is 56.7 Å². The van der Waals surface area contributed by atoms with Crippen LogP contribution in [0.15, 0.2) is 48.5 Å². The molecule has 0 radical (unpaired) electrons. The summed E-state index contributed by atoms with van der Waals surface area (Å²) in [4.78, 5) is 12.3. The first-order valence-electron chi connectivity index (χ1n) is 10.9. The Hall–Kier alpha value is -2.59. The molecule has 0 amide bonds. The molecule has 1 aliphatic heterocycles. The van der Waals surface area contributed by atoms with Crippen LogP contribution < -0.4 is 14.8 Å². The molecule has 0 bridgehead atoms. The maximum atomic E-state index is 12.3. The fourth-order valence-corrected chi connectivity index (χ4v) is 3.92. The van der Waals surface area contributed by atoms with Crippen molar-refractivity contribution in [3.8, 4) is 11.5 Å². The summed E-state index contributed by atoms with van der Waals surface area (Å²) < 4.78 is 11.7. The minimum absolute atomic E-state index is 0.208. The van der Waals surface area contributed by atoms with E-state index in [1.807, 2.05) is 32.9 Å². The summed E-state index contributed by atoms with van der Waals surface area (Å²) in [7, 11) is 0. The Labute approximate surface area is 179 Å². The number of allylic oxidation sites excluding steroid dienone is 1. The van der Waals surface area contributed by atoms with E-state index >= 15 is 0 Å². The molecule has 2 aromatic carbocycles. The molecule has 158 valence electrons. The third kappa shape index (κ3) is 4.76. The molecule has 4 rings (SSSR count). The van der Waals surface area contributed by atoms with Crippen LogP contribution >= 0.6 is 0 Å². The highest BCUT2D eigenvalue weighted by molar-refractivity contribution is 5.83. The molecule has 2 aliphatic rings. The summed E-state index contributed by atoms with van der Waals surface area (Å²) in [6, 6.07) is 14.5. The van der Waals surface area contributed by atoms with Gasteiger partial charge in [-0.2, -0.15) is 0 Å². The zero-order chi connectivity index (χ0) is 21.1. The van der Waals surface area contributed by atoms with Crippen LogP contribution in [0.25, 0.3) is 5.57 Å². The van der Waals surface area contributed by atoms with Gasteiger partial charge in [-0.15, -0.1) is 0 Å². The molecule has 0 saturated carbocycles. The number of rotatable bonds is 4. The number of carbonyl (C=O) groups excluding carboxylic acids is 1. The number of carbonyl (C=O) groups is 1. The third-order valence-electron chi connectivity index (χ3n) is 5.67. The highest BCUT2D eigenvalue weighted by Crippen LogP contribution is 2.34. The summed E-state index contributed by atoms with van der Waals surface area (Å²) in [6.07, 6.45) is 6.75. The van der Waals surface area contributed by atoms with Crippen LogP contribution in [0.3, 0.4) is 0 Å². The van der Waals surface area contributed by atoms with Crippen molar-refractivity contribution in [3.05, 3.63) is 65.2 Å². The van der Waals surface area contributed by atoms with Crippen molar-refractivity contribution in [2.75, 3.05) is 13.1 Å². The molecule has 4 heteroatoms. The molecule has 1 heterocycles. The smallest absolute Gasteiger partial charge is 0.316 e. The molecule has 0 aromatic heterocycles. The van der Waals surface area contributed by atoms with E-state index in [9.17, 15) is 4.79 Å². The number of nitrogens with one attached hydrogen (secondary N) is 1. The highest BCUT2D eigenvalue weighted by atomic mass is 16.5. The van der Waals surface area contributed by atoms with E-state index in [0.717, 1.165) is 44.5 Å². The summed E-state index contributed by atoms with van der Waals surface area (Å²) in [5.74, 6) is 1.34. The van der Waals surface area contributed by atoms with Crippen molar-refractivity contribution in [1.82, 2.24) is 5.32 Å². The van der Waals surface area contributed by atoms with Crippen molar-refractivity contribution < 1.29 is 14.3 Å². The first-order chi connectivity index (χ1) is 14.4. The largest absolute Gasteiger partial charge is 0.489 e. The van der Waals surface area contributed by atoms with Crippen molar-refractivity contribution in [2.45, 2.75) is 52.6 Å². The van der Waals surface area contributed by atoms with Crippen molar-refractivity contribution in [1.29, 1.82) is 0 Å². The molecule has 4 nitrogen and oxygen atoms in total. The fourth-order valence-electron chi connectivity index (χ4n) is 3.92. The van der Waals surface area contributed by atoms with Gasteiger partial charge in [-0.05, 0) is 99.5 Å². The van der Waals surface area contributed by atoms with E-state index in [-0.39, 0.29) is 12.1 Å². The molecule has 1 N–H and O–H groups in total. The highest BCUT2D eigenvalue weighted by Gasteiger charge is 2.24. The molecule has 2 aromatic rings. The predicted octanol–water partition coefficient (Wildman–Crippen LogP) is 5.15. The van der Waals surface area contributed by atoms with Crippen LogP contribution in [0.2, 0.25) is 0 Å². The van der Waals surface area contributed by atoms with Crippen molar-refractivity contribution >= 4 is 11.5 Å². The molecule has 1 atom stereocenters. The average Bonchev–Trinajstić information content (AvgIpc) is 3.13. The maximum Gasteiger partial charge on any atom is 0.316 e. The van der Waals surface area contributed by atoms with Gasteiger partial charge in [0.2, 0.25) is 0 Å². The number of ether oxygens (including phenoxy) is 2. The minimum Gasteiger partial charge on any atom is -0.489 e. The quantitative estimate of drug-likeness (QED) is 0.565. The van der Waals surface area contributed by atoms with E-state index < -0.39 is 5.41 Å². The van der Waals surface area contributed by atoms with Crippen LogP contribution in [0, 0.1) is 5.41 Å². The maximum absolute atomic E-state index is 12.3. The third-order valence-corrected chi connectivity index (χ3v) is 5.67. The van der Waals surface area contributed by atoms with Crippen molar-refractivity contribution in [3.63, 3.8) is 0 Å². The lowest BCUT2D eigenvalue weighted by molar-refractivity contribution is -0.143.